The average molecular weight is 478 g/mol. The zero-order valence-corrected chi connectivity index (χ0v) is 19.5. The lowest BCUT2D eigenvalue weighted by Gasteiger charge is -2.33. The second-order valence-corrected chi connectivity index (χ2v) is 10.1. The maximum Gasteiger partial charge on any atom is 0.268 e. The van der Waals surface area contributed by atoms with E-state index in [1.54, 1.807) is 39.1 Å². The summed E-state index contributed by atoms with van der Waals surface area (Å²) < 4.78 is 46.1. The van der Waals surface area contributed by atoms with Gasteiger partial charge >= 0.3 is 0 Å². The maximum atomic E-state index is 15.1. The van der Waals surface area contributed by atoms with Crippen LogP contribution < -0.4 is 9.64 Å². The fourth-order valence-electron chi connectivity index (χ4n) is 3.71. The van der Waals surface area contributed by atoms with Crippen LogP contribution >= 0.6 is 11.6 Å². The van der Waals surface area contributed by atoms with E-state index >= 15 is 4.39 Å². The number of halogens is 2. The first kappa shape index (κ1) is 22.3. The summed E-state index contributed by atoms with van der Waals surface area (Å²) in [4.78, 5) is 14.5. The molecule has 0 N–H and O–H groups in total. The summed E-state index contributed by atoms with van der Waals surface area (Å²) >= 11 is 6.36. The van der Waals surface area contributed by atoms with Gasteiger partial charge in [0.05, 0.1) is 22.8 Å². The van der Waals surface area contributed by atoms with Gasteiger partial charge in [-0.3, -0.25) is 9.48 Å². The molecule has 2 heterocycles. The predicted molar refractivity (Wildman–Crippen MR) is 119 cm³/mol. The Bertz CT molecular complexity index is 1350. The van der Waals surface area contributed by atoms with E-state index in [0.717, 1.165) is 6.26 Å². The SMILES string of the molecule is Cc1nn(C)c(Cl)c1CN1C(=O)[C@@H](C)Oc2c(F)cc(-c3cccc(S(C)(=O)=O)c3)cc21. The van der Waals surface area contributed by atoms with Crippen LogP contribution in [0.1, 0.15) is 18.2 Å². The standard InChI is InChI=1S/C22H21ClFN3O4S/c1-12-17(21(23)26(3)25-12)11-27-19-10-15(9-18(24)20(19)31-13(2)22(27)28)14-6-5-7-16(8-14)32(4,29)30/h5-10,13H,11H2,1-4H3/t13-/m1/s1. The van der Waals surface area contributed by atoms with E-state index in [9.17, 15) is 13.2 Å². The largest absolute Gasteiger partial charge is 0.476 e. The highest BCUT2D eigenvalue weighted by molar-refractivity contribution is 7.90. The molecular formula is C22H21ClFN3O4S. The van der Waals surface area contributed by atoms with Gasteiger partial charge in [0.1, 0.15) is 5.15 Å². The fourth-order valence-corrected chi connectivity index (χ4v) is 4.61. The molecule has 168 valence electrons. The van der Waals surface area contributed by atoms with Crippen molar-refractivity contribution in [2.75, 3.05) is 11.2 Å². The number of anilines is 1. The van der Waals surface area contributed by atoms with E-state index in [0.29, 0.717) is 27.5 Å². The second-order valence-electron chi connectivity index (χ2n) is 7.77. The summed E-state index contributed by atoms with van der Waals surface area (Å²) in [7, 11) is -1.74. The van der Waals surface area contributed by atoms with Gasteiger partial charge in [-0.1, -0.05) is 23.7 Å². The zero-order chi connectivity index (χ0) is 23.4. The van der Waals surface area contributed by atoms with Crippen molar-refractivity contribution in [3.63, 3.8) is 0 Å². The Kier molecular flexibility index (Phi) is 5.50. The summed E-state index contributed by atoms with van der Waals surface area (Å²) in [6, 6.07) is 9.09. The van der Waals surface area contributed by atoms with Crippen molar-refractivity contribution >= 4 is 33.0 Å². The molecule has 2 aromatic carbocycles. The Balaban J connectivity index is 1.85. The number of hydrogen-bond acceptors (Lipinski definition) is 5. The maximum absolute atomic E-state index is 15.1. The number of benzene rings is 2. The molecule has 0 aliphatic carbocycles. The van der Waals surface area contributed by atoms with Crippen LogP contribution in [0, 0.1) is 12.7 Å². The van der Waals surface area contributed by atoms with Crippen molar-refractivity contribution in [1.82, 2.24) is 9.78 Å². The lowest BCUT2D eigenvalue weighted by molar-refractivity contribution is -0.125. The molecule has 1 atom stereocenters. The minimum absolute atomic E-state index is 0.0437. The summed E-state index contributed by atoms with van der Waals surface area (Å²) in [6.45, 7) is 3.42. The molecule has 4 rings (SSSR count). The topological polar surface area (TPSA) is 81.5 Å². The molecule has 0 bridgehead atoms. The molecule has 1 aliphatic rings. The zero-order valence-electron chi connectivity index (χ0n) is 17.9. The number of hydrogen-bond donors (Lipinski definition) is 0. The van der Waals surface area contributed by atoms with Gasteiger partial charge in [-0.05, 0) is 49.2 Å². The minimum atomic E-state index is -3.44. The number of aromatic nitrogens is 2. The minimum Gasteiger partial charge on any atom is -0.476 e. The van der Waals surface area contributed by atoms with Crippen LogP contribution in [0.25, 0.3) is 11.1 Å². The monoisotopic (exact) mass is 477 g/mol. The van der Waals surface area contributed by atoms with E-state index in [1.807, 2.05) is 0 Å². The first-order valence-corrected chi connectivity index (χ1v) is 12.0. The summed E-state index contributed by atoms with van der Waals surface area (Å²) in [6.07, 6.45) is 0.224. The van der Waals surface area contributed by atoms with Gasteiger partial charge in [0.15, 0.2) is 27.5 Å². The number of carbonyl (C=O) groups excluding carboxylic acids is 1. The number of ether oxygens (including phenoxy) is 1. The van der Waals surface area contributed by atoms with Gasteiger partial charge < -0.3 is 9.64 Å². The van der Waals surface area contributed by atoms with Crippen molar-refractivity contribution in [2.45, 2.75) is 31.4 Å². The number of carbonyl (C=O) groups is 1. The first-order valence-electron chi connectivity index (χ1n) is 9.77. The highest BCUT2D eigenvalue weighted by Gasteiger charge is 2.35. The molecule has 0 spiro atoms. The lowest BCUT2D eigenvalue weighted by Crippen LogP contribution is -2.44. The third-order valence-electron chi connectivity index (χ3n) is 5.40. The molecule has 1 aliphatic heterocycles. The van der Waals surface area contributed by atoms with Gasteiger partial charge in [0.2, 0.25) is 0 Å². The Morgan fingerprint density at radius 2 is 1.94 bits per heavy atom. The molecule has 32 heavy (non-hydrogen) atoms. The summed E-state index contributed by atoms with van der Waals surface area (Å²) in [5.41, 5.74) is 2.45. The predicted octanol–water partition coefficient (Wildman–Crippen LogP) is 3.91. The highest BCUT2D eigenvalue weighted by Crippen LogP contribution is 2.41. The van der Waals surface area contributed by atoms with Crippen molar-refractivity contribution in [2.24, 2.45) is 7.05 Å². The third kappa shape index (κ3) is 3.86. The summed E-state index contributed by atoms with van der Waals surface area (Å²) in [5.74, 6) is -1.04. The van der Waals surface area contributed by atoms with Crippen LogP contribution in [0.5, 0.6) is 5.75 Å². The van der Waals surface area contributed by atoms with Gasteiger partial charge in [0.25, 0.3) is 5.91 Å². The molecule has 0 fully saturated rings. The molecule has 0 radical (unpaired) electrons. The molecular weight excluding hydrogens is 457 g/mol. The van der Waals surface area contributed by atoms with Crippen LogP contribution in [0.4, 0.5) is 10.1 Å². The normalized spacial score (nSPS) is 16.1. The first-order chi connectivity index (χ1) is 15.0. The van der Waals surface area contributed by atoms with Crippen LogP contribution in [0.2, 0.25) is 5.15 Å². The van der Waals surface area contributed by atoms with Crippen LogP contribution in [0.3, 0.4) is 0 Å². The highest BCUT2D eigenvalue weighted by atomic mass is 35.5. The number of sulfone groups is 1. The molecule has 3 aromatic rings. The van der Waals surface area contributed by atoms with E-state index in [-0.39, 0.29) is 28.8 Å². The lowest BCUT2D eigenvalue weighted by atomic mass is 10.0. The van der Waals surface area contributed by atoms with E-state index in [4.69, 9.17) is 16.3 Å². The number of aryl methyl sites for hydroxylation is 2. The van der Waals surface area contributed by atoms with Crippen molar-refractivity contribution in [3.05, 3.63) is 58.6 Å². The Morgan fingerprint density at radius 1 is 1.22 bits per heavy atom. The van der Waals surface area contributed by atoms with Crippen molar-refractivity contribution in [1.29, 1.82) is 0 Å². The smallest absolute Gasteiger partial charge is 0.268 e. The molecule has 1 amide bonds. The van der Waals surface area contributed by atoms with Crippen molar-refractivity contribution in [3.8, 4) is 16.9 Å². The number of fused-ring (bicyclic) bond motifs is 1. The second kappa shape index (κ2) is 7.90. The van der Waals surface area contributed by atoms with Crippen molar-refractivity contribution < 1.29 is 22.3 Å². The molecule has 0 saturated carbocycles. The molecule has 0 saturated heterocycles. The summed E-state index contributed by atoms with van der Waals surface area (Å²) in [5, 5.41) is 4.66. The van der Waals surface area contributed by atoms with E-state index in [1.165, 1.54) is 27.8 Å². The molecule has 7 nitrogen and oxygen atoms in total. The van der Waals surface area contributed by atoms with E-state index < -0.39 is 21.8 Å². The molecule has 0 unspecified atom stereocenters. The molecule has 10 heteroatoms. The van der Waals surface area contributed by atoms with Gasteiger partial charge in [-0.2, -0.15) is 5.10 Å². The fraction of sp³-hybridized carbons (Fsp3) is 0.273. The molecule has 1 aromatic heterocycles. The Morgan fingerprint density at radius 3 is 2.56 bits per heavy atom. The van der Waals surface area contributed by atoms with Gasteiger partial charge in [0, 0.05) is 18.9 Å². The average Bonchev–Trinajstić information content (AvgIpc) is 2.97. The van der Waals surface area contributed by atoms with Gasteiger partial charge in [-0.25, -0.2) is 12.8 Å². The number of rotatable bonds is 4. The quantitative estimate of drug-likeness (QED) is 0.569. The third-order valence-corrected chi connectivity index (χ3v) is 6.99. The Labute approximate surface area is 190 Å². The van der Waals surface area contributed by atoms with Crippen LogP contribution in [0.15, 0.2) is 41.3 Å². The number of amides is 1. The van der Waals surface area contributed by atoms with Crippen LogP contribution in [-0.4, -0.2) is 36.5 Å². The van der Waals surface area contributed by atoms with Crippen LogP contribution in [-0.2, 0) is 28.2 Å². The Hall–Kier alpha value is -2.91. The number of nitrogens with zero attached hydrogens (tertiary/aromatic N) is 3. The van der Waals surface area contributed by atoms with Gasteiger partial charge in [-0.15, -0.1) is 0 Å². The van der Waals surface area contributed by atoms with E-state index in [2.05, 4.69) is 5.10 Å².